The van der Waals surface area contributed by atoms with Crippen molar-refractivity contribution in [2.75, 3.05) is 18.8 Å². The van der Waals surface area contributed by atoms with Crippen molar-refractivity contribution in [2.45, 2.75) is 166 Å². The van der Waals surface area contributed by atoms with E-state index in [1.807, 2.05) is 31.2 Å². The third kappa shape index (κ3) is 11.1. The van der Waals surface area contributed by atoms with E-state index in [-0.39, 0.29) is 31.2 Å². The number of nitrogens with one attached hydrogen (secondary N) is 4. The third-order valence-corrected chi connectivity index (χ3v) is 14.6. The zero-order valence-electron chi connectivity index (χ0n) is 35.3. The van der Waals surface area contributed by atoms with Gasteiger partial charge in [0.25, 0.3) is 5.91 Å². The lowest BCUT2D eigenvalue weighted by Crippen LogP contribution is -2.63. The topological polar surface area (TPSA) is 200 Å². The molecule has 2 heterocycles. The molecule has 5 rings (SSSR count). The Kier molecular flexibility index (Phi) is 13.9. The van der Waals surface area contributed by atoms with Crippen LogP contribution in [0.5, 0.6) is 0 Å². The van der Waals surface area contributed by atoms with Crippen LogP contribution in [0.25, 0.3) is 0 Å². The fourth-order valence-corrected chi connectivity index (χ4v) is 9.57. The van der Waals surface area contributed by atoms with Gasteiger partial charge in [0.2, 0.25) is 17.6 Å². The molecular formula is C42H64N6O9S. The van der Waals surface area contributed by atoms with E-state index >= 15 is 0 Å². The first-order chi connectivity index (χ1) is 27.1. The van der Waals surface area contributed by atoms with Gasteiger partial charge < -0.3 is 35.8 Å². The van der Waals surface area contributed by atoms with Crippen molar-refractivity contribution >= 4 is 45.5 Å². The maximum absolute atomic E-state index is 14.8. The number of urea groups is 1. The molecule has 4 atom stereocenters. The van der Waals surface area contributed by atoms with E-state index < -0.39 is 85.4 Å². The largest absolute Gasteiger partial charge is 0.444 e. The van der Waals surface area contributed by atoms with Gasteiger partial charge in [-0.25, -0.2) is 18.0 Å². The van der Waals surface area contributed by atoms with E-state index in [1.54, 1.807) is 46.4 Å². The Bertz CT molecular complexity index is 1830. The van der Waals surface area contributed by atoms with Crippen molar-refractivity contribution in [2.24, 2.45) is 5.41 Å². The Balaban J connectivity index is 1.37. The van der Waals surface area contributed by atoms with Crippen molar-refractivity contribution in [3.63, 3.8) is 0 Å². The molecule has 2 aliphatic carbocycles. The van der Waals surface area contributed by atoms with Gasteiger partial charge in [-0.05, 0) is 75.8 Å². The SMILES string of the molecule is CCCC(NC(=O)C1CC(OC(=O)N2CCc3ccccc3C2)CN1C(=O)[C@H](NC(=O)NC1(CS(=O)(=O)C(C)(C)C)CCCCC1)C(C)(C)C)C(=O)C(=O)NC1CC1. The average Bonchev–Trinajstić information content (AvgIpc) is 3.87. The number of likely N-dealkylation sites (tertiary alicyclic amines) is 1. The van der Waals surface area contributed by atoms with Crippen LogP contribution in [0, 0.1) is 5.41 Å². The highest BCUT2D eigenvalue weighted by atomic mass is 32.2. The van der Waals surface area contributed by atoms with Crippen LogP contribution in [-0.4, -0.2) is 113 Å². The lowest BCUT2D eigenvalue weighted by molar-refractivity contribution is -0.144. The van der Waals surface area contributed by atoms with Gasteiger partial charge >= 0.3 is 12.1 Å². The number of hydrogen-bond acceptors (Lipinski definition) is 9. The Morgan fingerprint density at radius 1 is 0.931 bits per heavy atom. The van der Waals surface area contributed by atoms with E-state index in [2.05, 4.69) is 21.3 Å². The van der Waals surface area contributed by atoms with Crippen LogP contribution in [-0.2, 0) is 46.7 Å². The van der Waals surface area contributed by atoms with Gasteiger partial charge in [-0.3, -0.25) is 19.2 Å². The molecule has 1 saturated heterocycles. The summed E-state index contributed by atoms with van der Waals surface area (Å²) in [6.45, 7) is 12.6. The summed E-state index contributed by atoms with van der Waals surface area (Å²) in [6.07, 6.45) is 4.64. The molecule has 2 saturated carbocycles. The predicted molar refractivity (Wildman–Crippen MR) is 218 cm³/mol. The van der Waals surface area contributed by atoms with Gasteiger partial charge in [0, 0.05) is 25.6 Å². The fraction of sp³-hybridized carbons (Fsp3) is 0.714. The number of ether oxygens (including phenoxy) is 1. The lowest BCUT2D eigenvalue weighted by Gasteiger charge is -2.41. The standard InChI is InChI=1S/C42H64N6O9S/c1-8-14-31(33(49)36(51)43-29-17-18-29)44-35(50)32-23-30(57-39(54)47-22-19-27-15-10-11-16-28(27)24-47)25-48(32)37(52)34(40(2,3)4)45-38(53)46-42(20-12-9-13-21-42)26-58(55,56)41(5,6)7/h10-11,15-16,29-32,34H,8-9,12-14,17-26H2,1-7H3,(H,43,51)(H,44,50)(H2,45,46,53)/t30?,31?,32?,34-/m0/s1. The number of rotatable bonds is 13. The van der Waals surface area contributed by atoms with Crippen LogP contribution in [0.4, 0.5) is 9.59 Å². The van der Waals surface area contributed by atoms with E-state index in [9.17, 15) is 37.2 Å². The zero-order valence-corrected chi connectivity index (χ0v) is 36.1. The van der Waals surface area contributed by atoms with E-state index in [0.29, 0.717) is 38.8 Å². The molecule has 58 heavy (non-hydrogen) atoms. The molecule has 16 heteroatoms. The van der Waals surface area contributed by atoms with Gasteiger partial charge in [0.15, 0.2) is 9.84 Å². The number of nitrogens with zero attached hydrogens (tertiary/aromatic N) is 2. The molecule has 6 amide bonds. The summed E-state index contributed by atoms with van der Waals surface area (Å²) in [5.74, 6) is -3.09. The summed E-state index contributed by atoms with van der Waals surface area (Å²) >= 11 is 0. The van der Waals surface area contributed by atoms with Crippen molar-refractivity contribution in [1.82, 2.24) is 31.1 Å². The number of amides is 6. The highest BCUT2D eigenvalue weighted by Crippen LogP contribution is 2.33. The first-order valence-corrected chi connectivity index (χ1v) is 22.6. The number of benzene rings is 1. The fourth-order valence-electron chi connectivity index (χ4n) is 8.05. The van der Waals surface area contributed by atoms with Crippen molar-refractivity contribution in [3.8, 4) is 0 Å². The Morgan fingerprint density at radius 3 is 2.19 bits per heavy atom. The second kappa shape index (κ2) is 18.0. The smallest absolute Gasteiger partial charge is 0.410 e. The number of ketones is 1. The maximum Gasteiger partial charge on any atom is 0.410 e. The van der Waals surface area contributed by atoms with Crippen LogP contribution >= 0.6 is 0 Å². The highest BCUT2D eigenvalue weighted by molar-refractivity contribution is 7.92. The first-order valence-electron chi connectivity index (χ1n) is 20.9. The number of fused-ring (bicyclic) bond motifs is 1. The summed E-state index contributed by atoms with van der Waals surface area (Å²) < 4.78 is 31.8. The quantitative estimate of drug-likeness (QED) is 0.213. The Labute approximate surface area is 343 Å². The van der Waals surface area contributed by atoms with Gasteiger partial charge in [0.05, 0.1) is 28.6 Å². The minimum absolute atomic E-state index is 0.0592. The van der Waals surface area contributed by atoms with Gasteiger partial charge in [-0.1, -0.05) is 77.6 Å². The van der Waals surface area contributed by atoms with Crippen LogP contribution in [0.1, 0.15) is 124 Å². The van der Waals surface area contributed by atoms with Crippen LogP contribution in [0.3, 0.4) is 0 Å². The highest BCUT2D eigenvalue weighted by Gasteiger charge is 2.48. The molecule has 0 aromatic heterocycles. The summed E-state index contributed by atoms with van der Waals surface area (Å²) in [7, 11) is -3.63. The molecule has 0 spiro atoms. The zero-order chi connectivity index (χ0) is 42.6. The van der Waals surface area contributed by atoms with Gasteiger partial charge in [-0.15, -0.1) is 0 Å². The van der Waals surface area contributed by atoms with E-state index in [1.165, 1.54) is 4.90 Å². The Morgan fingerprint density at radius 2 is 1.59 bits per heavy atom. The van der Waals surface area contributed by atoms with Crippen molar-refractivity contribution in [1.29, 1.82) is 0 Å². The molecule has 4 N–H and O–H groups in total. The minimum atomic E-state index is -3.63. The number of Topliss-reactive ketones (excluding diaryl/α,β-unsaturated/α-hetero) is 1. The number of sulfone groups is 1. The molecule has 322 valence electrons. The first kappa shape index (κ1) is 44.9. The molecule has 1 aromatic rings. The van der Waals surface area contributed by atoms with Crippen LogP contribution in [0.15, 0.2) is 24.3 Å². The second-order valence-electron chi connectivity index (χ2n) is 18.8. The molecule has 3 unspecified atom stereocenters. The third-order valence-electron chi connectivity index (χ3n) is 11.8. The molecular weight excluding hydrogens is 765 g/mol. The number of hydrogen-bond donors (Lipinski definition) is 4. The lowest BCUT2D eigenvalue weighted by atomic mass is 9.83. The van der Waals surface area contributed by atoms with Gasteiger partial charge in [0.1, 0.15) is 18.2 Å². The maximum atomic E-state index is 14.8. The minimum Gasteiger partial charge on any atom is -0.444 e. The number of carbonyl (C=O) groups excluding carboxylic acids is 6. The molecule has 2 aliphatic heterocycles. The summed E-state index contributed by atoms with van der Waals surface area (Å²) in [6, 6.07) is 3.54. The molecule has 3 fully saturated rings. The van der Waals surface area contributed by atoms with Crippen LogP contribution in [0.2, 0.25) is 0 Å². The summed E-state index contributed by atoms with van der Waals surface area (Å²) in [5, 5.41) is 11.2. The normalized spacial score (nSPS) is 21.8. The predicted octanol–water partition coefficient (Wildman–Crippen LogP) is 3.91. The summed E-state index contributed by atoms with van der Waals surface area (Å²) in [4.78, 5) is 85.3. The van der Waals surface area contributed by atoms with Crippen LogP contribution < -0.4 is 21.3 Å². The number of carbonyl (C=O) groups is 6. The summed E-state index contributed by atoms with van der Waals surface area (Å²) in [5.41, 5.74) is 0.228. The molecule has 1 aromatic carbocycles. The average molecular weight is 829 g/mol. The van der Waals surface area contributed by atoms with Crippen molar-refractivity contribution < 1.29 is 41.9 Å². The molecule has 4 aliphatic rings. The molecule has 0 bridgehead atoms. The van der Waals surface area contributed by atoms with E-state index in [0.717, 1.165) is 43.2 Å². The van der Waals surface area contributed by atoms with Crippen molar-refractivity contribution in [3.05, 3.63) is 35.4 Å². The van der Waals surface area contributed by atoms with Gasteiger partial charge in [-0.2, -0.15) is 0 Å². The second-order valence-corrected chi connectivity index (χ2v) is 21.5. The molecule has 0 radical (unpaired) electrons. The Hall–Kier alpha value is -4.21. The van der Waals surface area contributed by atoms with E-state index in [4.69, 9.17) is 4.74 Å². The monoisotopic (exact) mass is 828 g/mol. The molecule has 15 nitrogen and oxygen atoms in total.